The standard InChI is InChI=1S/C15H16N2O3/c1-15(2,3)10-5-4-6-11(7-10)20-13-9-16-12(8-17-13)14(18)19/h4-9H,1-3H3,(H,18,19). The fourth-order valence-electron chi connectivity index (χ4n) is 1.63. The molecule has 0 radical (unpaired) electrons. The number of ether oxygens (including phenoxy) is 1. The van der Waals surface area contributed by atoms with E-state index in [-0.39, 0.29) is 17.0 Å². The van der Waals surface area contributed by atoms with Crippen LogP contribution in [0.3, 0.4) is 0 Å². The molecule has 0 saturated carbocycles. The van der Waals surface area contributed by atoms with Gasteiger partial charge < -0.3 is 9.84 Å². The summed E-state index contributed by atoms with van der Waals surface area (Å²) in [6, 6.07) is 7.70. The van der Waals surface area contributed by atoms with Gasteiger partial charge in [0.1, 0.15) is 5.75 Å². The topological polar surface area (TPSA) is 72.3 Å². The van der Waals surface area contributed by atoms with Gasteiger partial charge in [0.05, 0.1) is 12.4 Å². The lowest BCUT2D eigenvalue weighted by Crippen LogP contribution is -2.10. The first kappa shape index (κ1) is 14.0. The Labute approximate surface area is 117 Å². The van der Waals surface area contributed by atoms with E-state index in [2.05, 4.69) is 30.7 Å². The number of nitrogens with zero attached hydrogens (tertiary/aromatic N) is 2. The maximum absolute atomic E-state index is 10.7. The van der Waals surface area contributed by atoms with Crippen LogP contribution >= 0.6 is 0 Å². The quantitative estimate of drug-likeness (QED) is 0.928. The predicted molar refractivity (Wildman–Crippen MR) is 74.2 cm³/mol. The molecule has 0 unspecified atom stereocenters. The summed E-state index contributed by atoms with van der Waals surface area (Å²) in [6.45, 7) is 6.36. The largest absolute Gasteiger partial charge is 0.476 e. The van der Waals surface area contributed by atoms with Crippen LogP contribution in [0.2, 0.25) is 0 Å². The van der Waals surface area contributed by atoms with Crippen molar-refractivity contribution in [2.75, 3.05) is 0 Å². The highest BCUT2D eigenvalue weighted by Gasteiger charge is 2.14. The Balaban J connectivity index is 2.20. The van der Waals surface area contributed by atoms with Crippen molar-refractivity contribution in [2.24, 2.45) is 0 Å². The van der Waals surface area contributed by atoms with Crippen molar-refractivity contribution in [3.05, 3.63) is 47.9 Å². The zero-order chi connectivity index (χ0) is 14.8. The van der Waals surface area contributed by atoms with E-state index in [0.717, 1.165) is 5.56 Å². The number of aromatic carboxylic acids is 1. The van der Waals surface area contributed by atoms with Crippen LogP contribution in [0.5, 0.6) is 11.6 Å². The van der Waals surface area contributed by atoms with Gasteiger partial charge in [-0.05, 0) is 23.1 Å². The molecule has 0 aliphatic carbocycles. The van der Waals surface area contributed by atoms with Crippen molar-refractivity contribution in [1.29, 1.82) is 0 Å². The van der Waals surface area contributed by atoms with E-state index in [9.17, 15) is 4.79 Å². The molecule has 0 aliphatic rings. The number of aromatic nitrogens is 2. The molecule has 1 aromatic carbocycles. The lowest BCUT2D eigenvalue weighted by molar-refractivity contribution is 0.0690. The van der Waals surface area contributed by atoms with Gasteiger partial charge in [-0.15, -0.1) is 0 Å². The molecule has 1 heterocycles. The van der Waals surface area contributed by atoms with Gasteiger partial charge in [0.15, 0.2) is 5.69 Å². The summed E-state index contributed by atoms with van der Waals surface area (Å²) in [4.78, 5) is 18.4. The number of rotatable bonds is 3. The van der Waals surface area contributed by atoms with Crippen LogP contribution in [0.15, 0.2) is 36.7 Å². The monoisotopic (exact) mass is 272 g/mol. The molecule has 0 amide bonds. The third-order valence-corrected chi connectivity index (χ3v) is 2.77. The van der Waals surface area contributed by atoms with E-state index in [1.807, 2.05) is 24.3 Å². The second-order valence-electron chi connectivity index (χ2n) is 5.42. The molecule has 0 saturated heterocycles. The Kier molecular flexibility index (Phi) is 3.70. The van der Waals surface area contributed by atoms with Crippen LogP contribution in [-0.4, -0.2) is 21.0 Å². The van der Waals surface area contributed by atoms with Crippen LogP contribution in [0, 0.1) is 0 Å². The van der Waals surface area contributed by atoms with Crippen molar-refractivity contribution in [3.63, 3.8) is 0 Å². The molecular formula is C15H16N2O3. The van der Waals surface area contributed by atoms with Gasteiger partial charge in [0, 0.05) is 0 Å². The van der Waals surface area contributed by atoms with Crippen LogP contribution in [-0.2, 0) is 5.41 Å². The van der Waals surface area contributed by atoms with Crippen LogP contribution < -0.4 is 4.74 Å². The normalized spacial score (nSPS) is 11.2. The lowest BCUT2D eigenvalue weighted by Gasteiger charge is -2.19. The molecule has 0 fully saturated rings. The number of carboxylic acids is 1. The lowest BCUT2D eigenvalue weighted by atomic mass is 9.87. The molecule has 0 aliphatic heterocycles. The average Bonchev–Trinajstić information content (AvgIpc) is 2.38. The van der Waals surface area contributed by atoms with E-state index >= 15 is 0 Å². The highest BCUT2D eigenvalue weighted by Crippen LogP contribution is 2.27. The fourth-order valence-corrected chi connectivity index (χ4v) is 1.63. The van der Waals surface area contributed by atoms with Crippen LogP contribution in [0.25, 0.3) is 0 Å². The van der Waals surface area contributed by atoms with Gasteiger partial charge >= 0.3 is 5.97 Å². The minimum Gasteiger partial charge on any atom is -0.476 e. The highest BCUT2D eigenvalue weighted by atomic mass is 16.5. The summed E-state index contributed by atoms with van der Waals surface area (Å²) < 4.78 is 5.58. The number of benzene rings is 1. The Bertz CT molecular complexity index is 616. The van der Waals surface area contributed by atoms with Crippen molar-refractivity contribution in [3.8, 4) is 11.6 Å². The Morgan fingerprint density at radius 3 is 2.50 bits per heavy atom. The van der Waals surface area contributed by atoms with E-state index in [4.69, 9.17) is 9.84 Å². The summed E-state index contributed by atoms with van der Waals surface area (Å²) >= 11 is 0. The number of hydrogen-bond donors (Lipinski definition) is 1. The van der Waals surface area contributed by atoms with Gasteiger partial charge in [0.2, 0.25) is 5.88 Å². The predicted octanol–water partition coefficient (Wildman–Crippen LogP) is 3.26. The molecule has 104 valence electrons. The molecule has 5 heteroatoms. The summed E-state index contributed by atoms with van der Waals surface area (Å²) in [5.74, 6) is -0.199. The van der Waals surface area contributed by atoms with E-state index in [1.54, 1.807) is 0 Å². The minimum atomic E-state index is -1.11. The maximum atomic E-state index is 10.7. The molecular weight excluding hydrogens is 256 g/mol. The van der Waals surface area contributed by atoms with Crippen molar-refractivity contribution < 1.29 is 14.6 Å². The first-order valence-electron chi connectivity index (χ1n) is 6.20. The third kappa shape index (κ3) is 3.32. The first-order valence-corrected chi connectivity index (χ1v) is 6.20. The summed E-state index contributed by atoms with van der Waals surface area (Å²) in [6.07, 6.45) is 2.47. The van der Waals surface area contributed by atoms with E-state index in [1.165, 1.54) is 12.4 Å². The van der Waals surface area contributed by atoms with Crippen molar-refractivity contribution in [1.82, 2.24) is 9.97 Å². The van der Waals surface area contributed by atoms with Crippen molar-refractivity contribution >= 4 is 5.97 Å². The zero-order valence-electron chi connectivity index (χ0n) is 11.6. The molecule has 5 nitrogen and oxygen atoms in total. The zero-order valence-corrected chi connectivity index (χ0v) is 11.6. The molecule has 2 rings (SSSR count). The molecule has 20 heavy (non-hydrogen) atoms. The van der Waals surface area contributed by atoms with Crippen LogP contribution in [0.1, 0.15) is 36.8 Å². The van der Waals surface area contributed by atoms with Gasteiger partial charge in [0.25, 0.3) is 0 Å². The first-order chi connectivity index (χ1) is 9.36. The third-order valence-electron chi connectivity index (χ3n) is 2.77. The second-order valence-corrected chi connectivity index (χ2v) is 5.42. The molecule has 0 atom stereocenters. The second kappa shape index (κ2) is 5.28. The number of carbonyl (C=O) groups is 1. The Morgan fingerprint density at radius 1 is 1.20 bits per heavy atom. The average molecular weight is 272 g/mol. The minimum absolute atomic E-state index is 0.0260. The summed E-state index contributed by atoms with van der Waals surface area (Å²) in [7, 11) is 0. The summed E-state index contributed by atoms with van der Waals surface area (Å²) in [5, 5.41) is 8.75. The number of hydrogen-bond acceptors (Lipinski definition) is 4. The molecule has 0 bridgehead atoms. The van der Waals surface area contributed by atoms with Gasteiger partial charge in [-0.1, -0.05) is 32.9 Å². The van der Waals surface area contributed by atoms with Crippen LogP contribution in [0.4, 0.5) is 0 Å². The van der Waals surface area contributed by atoms with Crippen molar-refractivity contribution in [2.45, 2.75) is 26.2 Å². The Hall–Kier alpha value is -2.43. The SMILES string of the molecule is CC(C)(C)c1cccc(Oc2cnc(C(=O)O)cn2)c1. The molecule has 2 aromatic rings. The molecule has 1 N–H and O–H groups in total. The summed E-state index contributed by atoms with van der Waals surface area (Å²) in [5.41, 5.74) is 1.06. The van der Waals surface area contributed by atoms with Gasteiger partial charge in [-0.2, -0.15) is 0 Å². The van der Waals surface area contributed by atoms with Gasteiger partial charge in [-0.3, -0.25) is 0 Å². The molecule has 1 aromatic heterocycles. The fraction of sp³-hybridized carbons (Fsp3) is 0.267. The van der Waals surface area contributed by atoms with E-state index in [0.29, 0.717) is 5.75 Å². The Morgan fingerprint density at radius 2 is 1.95 bits per heavy atom. The smallest absolute Gasteiger partial charge is 0.356 e. The van der Waals surface area contributed by atoms with Gasteiger partial charge in [-0.25, -0.2) is 14.8 Å². The van der Waals surface area contributed by atoms with E-state index < -0.39 is 5.97 Å². The maximum Gasteiger partial charge on any atom is 0.356 e. The highest BCUT2D eigenvalue weighted by molar-refractivity contribution is 5.84. The molecule has 0 spiro atoms. The number of carboxylic acid groups (broad SMARTS) is 1.